The first-order valence-corrected chi connectivity index (χ1v) is 6.03. The average molecular weight is 291 g/mol. The normalized spacial score (nSPS) is 12.1. The molecule has 18 heavy (non-hydrogen) atoms. The van der Waals surface area contributed by atoms with Gasteiger partial charge >= 0.3 is 16.5 Å². The zero-order valence-electron chi connectivity index (χ0n) is 10.5. The molecule has 0 aliphatic rings. The van der Waals surface area contributed by atoms with E-state index >= 15 is 0 Å². The van der Waals surface area contributed by atoms with E-state index in [1.807, 2.05) is 24.5 Å². The summed E-state index contributed by atoms with van der Waals surface area (Å²) in [5.74, 6) is 0. The summed E-state index contributed by atoms with van der Waals surface area (Å²) >= 11 is 0. The zero-order chi connectivity index (χ0) is 11.9. The second kappa shape index (κ2) is 8.14. The van der Waals surface area contributed by atoms with Gasteiger partial charge in [0.15, 0.2) is 0 Å². The van der Waals surface area contributed by atoms with E-state index in [0.29, 0.717) is 6.04 Å². The van der Waals surface area contributed by atoms with Crippen molar-refractivity contribution in [1.29, 1.82) is 0 Å². The van der Waals surface area contributed by atoms with Crippen molar-refractivity contribution >= 4 is 0 Å². The van der Waals surface area contributed by atoms with Crippen LogP contribution in [0.15, 0.2) is 36.7 Å². The predicted molar refractivity (Wildman–Crippen MR) is 69.6 cm³/mol. The molecule has 0 spiro atoms. The average Bonchev–Trinajstić information content (AvgIpc) is 2.99. The number of hydrogen-bond acceptors (Lipinski definition) is 2. The minimum absolute atomic E-state index is 0. The van der Waals surface area contributed by atoms with E-state index in [1.165, 1.54) is 11.4 Å². The van der Waals surface area contributed by atoms with Crippen LogP contribution in [-0.4, -0.2) is 22.6 Å². The molecule has 0 fully saturated rings. The number of nitrogens with one attached hydrogen (secondary N) is 4. The fourth-order valence-corrected chi connectivity index (χ4v) is 1.73. The van der Waals surface area contributed by atoms with Gasteiger partial charge in [0.05, 0.1) is 0 Å². The Balaban J connectivity index is 0.00000162. The van der Waals surface area contributed by atoms with Crippen molar-refractivity contribution < 1.29 is 16.5 Å². The first-order valence-electron chi connectivity index (χ1n) is 6.03. The van der Waals surface area contributed by atoms with Gasteiger partial charge in [-0.05, 0) is 31.2 Å². The number of H-pyrrole nitrogens is 2. The third kappa shape index (κ3) is 5.09. The molecule has 1 unspecified atom stereocenters. The van der Waals surface area contributed by atoms with E-state index in [1.54, 1.807) is 0 Å². The molecule has 2 heterocycles. The Labute approximate surface area is 118 Å². The van der Waals surface area contributed by atoms with E-state index in [0.717, 1.165) is 19.6 Å². The second-order valence-electron chi connectivity index (χ2n) is 4.30. The molecular weight excluding hydrogens is 271 g/mol. The molecule has 0 saturated carbocycles. The molecule has 0 bridgehead atoms. The van der Waals surface area contributed by atoms with Gasteiger partial charge in [-0.2, -0.15) is 0 Å². The maximum Gasteiger partial charge on any atom is 2.00 e. The van der Waals surface area contributed by atoms with Crippen LogP contribution in [0.2, 0.25) is 0 Å². The Bertz CT molecular complexity index is 397. The van der Waals surface area contributed by atoms with Crippen molar-refractivity contribution in [2.45, 2.75) is 26.1 Å². The van der Waals surface area contributed by atoms with Crippen molar-refractivity contribution in [2.75, 3.05) is 6.54 Å². The van der Waals surface area contributed by atoms with Gasteiger partial charge < -0.3 is 20.6 Å². The number of rotatable bonds is 7. The van der Waals surface area contributed by atoms with Crippen molar-refractivity contribution in [2.24, 2.45) is 0 Å². The van der Waals surface area contributed by atoms with Crippen LogP contribution < -0.4 is 10.6 Å². The Hall–Kier alpha value is -1.03. The predicted octanol–water partition coefficient (Wildman–Crippen LogP) is 1.61. The summed E-state index contributed by atoms with van der Waals surface area (Å²) < 4.78 is 0. The van der Waals surface area contributed by atoms with Crippen molar-refractivity contribution in [3.05, 3.63) is 48.0 Å². The fourth-order valence-electron chi connectivity index (χ4n) is 1.73. The molecule has 0 aromatic carbocycles. The zero-order valence-corrected chi connectivity index (χ0v) is 11.5. The monoisotopic (exact) mass is 290 g/mol. The van der Waals surface area contributed by atoms with Gasteiger partial charge in [-0.25, -0.2) is 0 Å². The minimum Gasteiger partial charge on any atom is -0.364 e. The van der Waals surface area contributed by atoms with E-state index in [2.05, 4.69) is 39.7 Å². The molecule has 0 aliphatic heterocycles. The summed E-state index contributed by atoms with van der Waals surface area (Å²) in [4.78, 5) is 6.36. The van der Waals surface area contributed by atoms with Crippen LogP contribution in [0.3, 0.4) is 0 Å². The molecule has 0 radical (unpaired) electrons. The molecule has 2 aromatic rings. The Morgan fingerprint density at radius 2 is 1.67 bits per heavy atom. The molecule has 0 saturated heterocycles. The van der Waals surface area contributed by atoms with Crippen LogP contribution in [0.25, 0.3) is 0 Å². The molecule has 4 N–H and O–H groups in total. The molecule has 5 heteroatoms. The molecule has 2 rings (SSSR count). The summed E-state index contributed by atoms with van der Waals surface area (Å²) in [6.45, 7) is 4.92. The van der Waals surface area contributed by atoms with Crippen LogP contribution in [0, 0.1) is 0 Å². The second-order valence-corrected chi connectivity index (χ2v) is 4.30. The largest absolute Gasteiger partial charge is 2.00 e. The Morgan fingerprint density at radius 1 is 1.06 bits per heavy atom. The van der Waals surface area contributed by atoms with Crippen LogP contribution in [-0.2, 0) is 29.6 Å². The molecule has 4 nitrogen and oxygen atoms in total. The summed E-state index contributed by atoms with van der Waals surface area (Å²) in [5, 5.41) is 6.87. The van der Waals surface area contributed by atoms with Gasteiger partial charge in [-0.3, -0.25) is 0 Å². The Morgan fingerprint density at radius 3 is 2.22 bits per heavy atom. The van der Waals surface area contributed by atoms with Gasteiger partial charge in [0, 0.05) is 49.5 Å². The number of aromatic nitrogens is 2. The summed E-state index contributed by atoms with van der Waals surface area (Å²) in [5.41, 5.74) is 2.45. The Kier molecular flexibility index (Phi) is 6.80. The molecule has 2 aromatic heterocycles. The first-order chi connectivity index (χ1) is 8.34. The quantitative estimate of drug-likeness (QED) is 0.586. The van der Waals surface area contributed by atoms with Crippen molar-refractivity contribution in [1.82, 2.24) is 20.6 Å². The summed E-state index contributed by atoms with van der Waals surface area (Å²) in [6, 6.07) is 8.67. The maximum atomic E-state index is 3.46. The first kappa shape index (κ1) is 15.0. The number of hydrogen-bond donors (Lipinski definition) is 4. The smallest absolute Gasteiger partial charge is 0.364 e. The summed E-state index contributed by atoms with van der Waals surface area (Å²) in [7, 11) is 0. The maximum absolute atomic E-state index is 3.46. The molecular formula is C13H20N4Ni+2. The van der Waals surface area contributed by atoms with Crippen molar-refractivity contribution in [3.8, 4) is 0 Å². The molecule has 100 valence electrons. The van der Waals surface area contributed by atoms with E-state index in [4.69, 9.17) is 0 Å². The van der Waals surface area contributed by atoms with Gasteiger partial charge in [0.1, 0.15) is 0 Å². The van der Waals surface area contributed by atoms with Crippen molar-refractivity contribution in [3.63, 3.8) is 0 Å². The van der Waals surface area contributed by atoms with E-state index < -0.39 is 0 Å². The topological polar surface area (TPSA) is 55.6 Å². The fraction of sp³-hybridized carbons (Fsp3) is 0.385. The van der Waals surface area contributed by atoms with E-state index in [-0.39, 0.29) is 16.5 Å². The molecule has 0 amide bonds. The van der Waals surface area contributed by atoms with Gasteiger partial charge in [0.25, 0.3) is 0 Å². The van der Waals surface area contributed by atoms with E-state index in [9.17, 15) is 0 Å². The number of aromatic amines is 2. The van der Waals surface area contributed by atoms with Crippen LogP contribution in [0.5, 0.6) is 0 Å². The van der Waals surface area contributed by atoms with Crippen LogP contribution in [0.1, 0.15) is 18.3 Å². The summed E-state index contributed by atoms with van der Waals surface area (Å²) in [6.07, 6.45) is 3.90. The van der Waals surface area contributed by atoms with Crippen LogP contribution >= 0.6 is 0 Å². The van der Waals surface area contributed by atoms with Gasteiger partial charge in [0.2, 0.25) is 0 Å². The SMILES string of the molecule is CC(CNCc1ccc[nH]1)NCc1ccc[nH]1.[Ni+2]. The third-order valence-electron chi connectivity index (χ3n) is 2.73. The molecule has 1 atom stereocenters. The molecule has 0 aliphatic carbocycles. The van der Waals surface area contributed by atoms with Gasteiger partial charge in [-0.1, -0.05) is 0 Å². The van der Waals surface area contributed by atoms with Gasteiger partial charge in [-0.15, -0.1) is 0 Å². The van der Waals surface area contributed by atoms with Crippen LogP contribution in [0.4, 0.5) is 0 Å². The standard InChI is InChI=1S/C13H20N4.Ni/c1-11(17-10-13-5-3-7-16-13)8-14-9-12-4-2-6-15-12;/h2-7,11,14-17H,8-10H2,1H3;/q;+2. The third-order valence-corrected chi connectivity index (χ3v) is 2.73. The minimum atomic E-state index is 0.